The molecule has 0 unspecified atom stereocenters. The van der Waals surface area contributed by atoms with Crippen molar-refractivity contribution < 1.29 is 12.8 Å². The maximum absolute atomic E-state index is 11.6. The van der Waals surface area contributed by atoms with Gasteiger partial charge in [-0.25, -0.2) is 13.4 Å². The molecule has 1 heterocycles. The van der Waals surface area contributed by atoms with Crippen molar-refractivity contribution in [2.75, 3.05) is 12.8 Å². The van der Waals surface area contributed by atoms with Crippen LogP contribution in [0.25, 0.3) is 11.0 Å². The van der Waals surface area contributed by atoms with Crippen molar-refractivity contribution in [2.24, 2.45) is 4.99 Å². The van der Waals surface area contributed by atoms with Crippen LogP contribution in [0.5, 0.6) is 0 Å². The van der Waals surface area contributed by atoms with Crippen molar-refractivity contribution in [3.8, 4) is 0 Å². The molecule has 0 spiro atoms. The lowest BCUT2D eigenvalue weighted by molar-refractivity contribution is 0.534. The summed E-state index contributed by atoms with van der Waals surface area (Å²) in [6.07, 6.45) is 1.20. The first-order valence-electron chi connectivity index (χ1n) is 9.16. The Labute approximate surface area is 165 Å². The highest BCUT2D eigenvalue weighted by molar-refractivity contribution is 7.90. The highest BCUT2D eigenvalue weighted by Gasteiger charge is 2.10. The predicted molar refractivity (Wildman–Crippen MR) is 112 cm³/mol. The number of furan rings is 1. The Bertz CT molecular complexity index is 1080. The normalized spacial score (nSPS) is 12.3. The van der Waals surface area contributed by atoms with Gasteiger partial charge in [0.1, 0.15) is 11.3 Å². The van der Waals surface area contributed by atoms with Crippen LogP contribution in [0.1, 0.15) is 23.8 Å². The highest BCUT2D eigenvalue weighted by Crippen LogP contribution is 2.24. The van der Waals surface area contributed by atoms with Gasteiger partial charge in [0, 0.05) is 23.8 Å². The Balaban J connectivity index is 1.69. The van der Waals surface area contributed by atoms with E-state index < -0.39 is 9.84 Å². The van der Waals surface area contributed by atoms with E-state index >= 15 is 0 Å². The minimum absolute atomic E-state index is 0.311. The molecule has 6 nitrogen and oxygen atoms in total. The van der Waals surface area contributed by atoms with Crippen LogP contribution < -0.4 is 10.6 Å². The third-order valence-electron chi connectivity index (χ3n) is 4.47. The zero-order chi connectivity index (χ0) is 20.1. The number of para-hydroxylation sites is 1. The molecule has 0 saturated heterocycles. The highest BCUT2D eigenvalue weighted by atomic mass is 32.2. The Morgan fingerprint density at radius 3 is 2.43 bits per heavy atom. The fourth-order valence-corrected chi connectivity index (χ4v) is 3.54. The van der Waals surface area contributed by atoms with Crippen LogP contribution in [0.3, 0.4) is 0 Å². The SMILES string of the molecule is CCNC(=NCc1ccc(S(C)(=O)=O)cc1)NCc1oc2ccccc2c1C. The molecule has 7 heteroatoms. The second-order valence-electron chi connectivity index (χ2n) is 6.61. The molecule has 2 N–H and O–H groups in total. The second-order valence-corrected chi connectivity index (χ2v) is 8.63. The first-order chi connectivity index (χ1) is 13.4. The summed E-state index contributed by atoms with van der Waals surface area (Å²) >= 11 is 0. The molecular formula is C21H25N3O3S. The van der Waals surface area contributed by atoms with Crippen LogP contribution in [-0.2, 0) is 22.9 Å². The zero-order valence-electron chi connectivity index (χ0n) is 16.3. The molecule has 0 aliphatic heterocycles. The summed E-state index contributed by atoms with van der Waals surface area (Å²) in [4.78, 5) is 4.89. The fourth-order valence-electron chi connectivity index (χ4n) is 2.91. The fraction of sp³-hybridized carbons (Fsp3) is 0.286. The molecule has 2 aromatic carbocycles. The molecule has 0 fully saturated rings. The molecule has 0 aliphatic carbocycles. The molecule has 0 saturated carbocycles. The Kier molecular flexibility index (Phi) is 6.04. The Morgan fingerprint density at radius 2 is 1.79 bits per heavy atom. The summed E-state index contributed by atoms with van der Waals surface area (Å²) in [6, 6.07) is 14.8. The number of guanidine groups is 1. The number of sulfone groups is 1. The first kappa shape index (κ1) is 19.9. The molecule has 3 aromatic rings. The van der Waals surface area contributed by atoms with Gasteiger partial charge in [0.25, 0.3) is 0 Å². The summed E-state index contributed by atoms with van der Waals surface area (Å²) in [7, 11) is -3.18. The van der Waals surface area contributed by atoms with Crippen LogP contribution in [0.4, 0.5) is 0 Å². The number of hydrogen-bond donors (Lipinski definition) is 2. The van der Waals surface area contributed by atoms with Crippen molar-refractivity contribution in [1.82, 2.24) is 10.6 Å². The number of fused-ring (bicyclic) bond motifs is 1. The number of benzene rings is 2. The van der Waals surface area contributed by atoms with E-state index in [1.54, 1.807) is 24.3 Å². The van der Waals surface area contributed by atoms with Crippen LogP contribution in [0, 0.1) is 6.92 Å². The van der Waals surface area contributed by atoms with Crippen molar-refractivity contribution in [3.63, 3.8) is 0 Å². The monoisotopic (exact) mass is 399 g/mol. The summed E-state index contributed by atoms with van der Waals surface area (Å²) in [6.45, 7) is 5.76. The largest absolute Gasteiger partial charge is 0.459 e. The second kappa shape index (κ2) is 8.48. The van der Waals surface area contributed by atoms with Crippen LogP contribution in [0.2, 0.25) is 0 Å². The minimum atomic E-state index is -3.18. The van der Waals surface area contributed by atoms with E-state index in [1.807, 2.05) is 25.1 Å². The molecule has 3 rings (SSSR count). The predicted octanol–water partition coefficient (Wildman–Crippen LogP) is 3.40. The van der Waals surface area contributed by atoms with Gasteiger partial charge in [-0.05, 0) is 37.6 Å². The van der Waals surface area contributed by atoms with Gasteiger partial charge in [0.05, 0.1) is 18.0 Å². The number of nitrogens with one attached hydrogen (secondary N) is 2. The van der Waals surface area contributed by atoms with Gasteiger partial charge in [-0.1, -0.05) is 30.3 Å². The lowest BCUT2D eigenvalue weighted by Gasteiger charge is -2.10. The van der Waals surface area contributed by atoms with Crippen molar-refractivity contribution in [3.05, 3.63) is 65.4 Å². The van der Waals surface area contributed by atoms with E-state index in [0.717, 1.165) is 34.4 Å². The van der Waals surface area contributed by atoms with E-state index in [0.29, 0.717) is 23.9 Å². The van der Waals surface area contributed by atoms with Gasteiger partial charge in [-0.3, -0.25) is 0 Å². The minimum Gasteiger partial charge on any atom is -0.459 e. The van der Waals surface area contributed by atoms with Crippen molar-refractivity contribution >= 4 is 26.8 Å². The number of nitrogens with zero attached hydrogens (tertiary/aromatic N) is 1. The third kappa shape index (κ3) is 4.72. The molecule has 0 amide bonds. The maximum atomic E-state index is 11.6. The zero-order valence-corrected chi connectivity index (χ0v) is 17.1. The van der Waals surface area contributed by atoms with E-state index in [2.05, 4.69) is 28.6 Å². The van der Waals surface area contributed by atoms with Gasteiger partial charge in [-0.2, -0.15) is 0 Å². The number of aliphatic imine (C=N–C) groups is 1. The van der Waals surface area contributed by atoms with Crippen LogP contribution in [-0.4, -0.2) is 27.2 Å². The lowest BCUT2D eigenvalue weighted by atomic mass is 10.1. The molecule has 28 heavy (non-hydrogen) atoms. The first-order valence-corrected chi connectivity index (χ1v) is 11.1. The smallest absolute Gasteiger partial charge is 0.191 e. The number of hydrogen-bond acceptors (Lipinski definition) is 4. The quantitative estimate of drug-likeness (QED) is 0.490. The third-order valence-corrected chi connectivity index (χ3v) is 5.60. The van der Waals surface area contributed by atoms with Gasteiger partial charge in [0.2, 0.25) is 0 Å². The topological polar surface area (TPSA) is 83.7 Å². The molecule has 148 valence electrons. The Hall–Kier alpha value is -2.80. The molecule has 0 aliphatic rings. The average Bonchev–Trinajstić information content (AvgIpc) is 3.00. The summed E-state index contributed by atoms with van der Waals surface area (Å²) in [5.41, 5.74) is 2.93. The standard InChI is InChI=1S/C21H25N3O3S/c1-4-22-21(23-13-16-9-11-17(12-10-16)28(3,25)26)24-14-20-15(2)18-7-5-6-8-19(18)27-20/h5-12H,4,13-14H2,1-3H3,(H2,22,23,24). The lowest BCUT2D eigenvalue weighted by Crippen LogP contribution is -2.36. The summed E-state index contributed by atoms with van der Waals surface area (Å²) in [5, 5.41) is 7.62. The maximum Gasteiger partial charge on any atom is 0.191 e. The van der Waals surface area contributed by atoms with Gasteiger partial charge >= 0.3 is 0 Å². The van der Waals surface area contributed by atoms with E-state index in [-0.39, 0.29) is 0 Å². The van der Waals surface area contributed by atoms with Gasteiger partial charge in [-0.15, -0.1) is 0 Å². The molecule has 1 aromatic heterocycles. The van der Waals surface area contributed by atoms with Gasteiger partial charge < -0.3 is 15.1 Å². The molecular weight excluding hydrogens is 374 g/mol. The summed E-state index contributed by atoms with van der Waals surface area (Å²) in [5.74, 6) is 1.55. The Morgan fingerprint density at radius 1 is 1.07 bits per heavy atom. The molecule has 0 radical (unpaired) electrons. The molecule has 0 bridgehead atoms. The van der Waals surface area contributed by atoms with Crippen LogP contribution >= 0.6 is 0 Å². The van der Waals surface area contributed by atoms with E-state index in [9.17, 15) is 8.42 Å². The van der Waals surface area contributed by atoms with E-state index in [4.69, 9.17) is 4.42 Å². The van der Waals surface area contributed by atoms with Gasteiger partial charge in [0.15, 0.2) is 15.8 Å². The average molecular weight is 400 g/mol. The number of rotatable bonds is 6. The van der Waals surface area contributed by atoms with E-state index in [1.165, 1.54) is 6.26 Å². The van der Waals surface area contributed by atoms with Crippen molar-refractivity contribution in [1.29, 1.82) is 0 Å². The molecule has 0 atom stereocenters. The van der Waals surface area contributed by atoms with Crippen LogP contribution in [0.15, 0.2) is 62.8 Å². The number of aryl methyl sites for hydroxylation is 1. The summed E-state index contributed by atoms with van der Waals surface area (Å²) < 4.78 is 29.0. The van der Waals surface area contributed by atoms with Crippen molar-refractivity contribution in [2.45, 2.75) is 31.8 Å².